The number of nitrogens with zero attached hydrogens (tertiary/aromatic N) is 1. The van der Waals surface area contributed by atoms with Gasteiger partial charge in [0.15, 0.2) is 0 Å². The van der Waals surface area contributed by atoms with E-state index in [1.165, 1.54) is 4.88 Å². The van der Waals surface area contributed by atoms with Crippen molar-refractivity contribution in [3.63, 3.8) is 0 Å². The molecule has 0 N–H and O–H groups in total. The van der Waals surface area contributed by atoms with Crippen molar-refractivity contribution in [1.82, 2.24) is 4.90 Å². The predicted octanol–water partition coefficient (Wildman–Crippen LogP) is 3.81. The standard InChI is InChI=1S/C16H17NOS/c1-2-17(13-15-9-6-12-19-15)16(18)11-10-14-7-4-3-5-8-14/h3-12H,2,13H2,1H3/b11-10+. The Labute approximate surface area is 118 Å². The molecule has 1 heterocycles. The Balaban J connectivity index is 1.99. The summed E-state index contributed by atoms with van der Waals surface area (Å²) in [6.45, 7) is 3.41. The van der Waals surface area contributed by atoms with Crippen molar-refractivity contribution < 1.29 is 4.79 Å². The van der Waals surface area contributed by atoms with Gasteiger partial charge in [0.2, 0.25) is 5.91 Å². The van der Waals surface area contributed by atoms with Crippen LogP contribution in [0.15, 0.2) is 53.9 Å². The Bertz CT molecular complexity index is 531. The largest absolute Gasteiger partial charge is 0.334 e. The second-order valence-electron chi connectivity index (χ2n) is 4.18. The molecule has 0 bridgehead atoms. The van der Waals surface area contributed by atoms with E-state index in [1.807, 2.05) is 59.7 Å². The second kappa shape index (κ2) is 6.90. The molecule has 19 heavy (non-hydrogen) atoms. The summed E-state index contributed by atoms with van der Waals surface area (Å²) in [6.07, 6.45) is 3.51. The molecular weight excluding hydrogens is 254 g/mol. The molecule has 1 aromatic carbocycles. The Morgan fingerprint density at radius 1 is 1.21 bits per heavy atom. The lowest BCUT2D eigenvalue weighted by Crippen LogP contribution is -2.28. The van der Waals surface area contributed by atoms with Gasteiger partial charge in [0.1, 0.15) is 0 Å². The van der Waals surface area contributed by atoms with Crippen molar-refractivity contribution in [2.45, 2.75) is 13.5 Å². The fourth-order valence-corrected chi connectivity index (χ4v) is 2.49. The van der Waals surface area contributed by atoms with Crippen LogP contribution in [0.3, 0.4) is 0 Å². The molecule has 0 spiro atoms. The minimum Gasteiger partial charge on any atom is -0.334 e. The molecule has 0 saturated heterocycles. The third-order valence-electron chi connectivity index (χ3n) is 2.84. The number of carbonyl (C=O) groups is 1. The Hall–Kier alpha value is -1.87. The van der Waals surface area contributed by atoms with Gasteiger partial charge in [-0.2, -0.15) is 0 Å². The van der Waals surface area contributed by atoms with Crippen LogP contribution in [0.1, 0.15) is 17.4 Å². The summed E-state index contributed by atoms with van der Waals surface area (Å²) in [5.74, 6) is 0.0553. The summed E-state index contributed by atoms with van der Waals surface area (Å²) in [7, 11) is 0. The van der Waals surface area contributed by atoms with E-state index < -0.39 is 0 Å². The molecule has 2 aromatic rings. The van der Waals surface area contributed by atoms with E-state index in [2.05, 4.69) is 6.07 Å². The third kappa shape index (κ3) is 4.07. The second-order valence-corrected chi connectivity index (χ2v) is 5.21. The normalized spacial score (nSPS) is 10.8. The van der Waals surface area contributed by atoms with Gasteiger partial charge in [0.25, 0.3) is 0 Å². The zero-order chi connectivity index (χ0) is 13.5. The lowest BCUT2D eigenvalue weighted by molar-refractivity contribution is -0.126. The first-order valence-electron chi connectivity index (χ1n) is 6.34. The van der Waals surface area contributed by atoms with Crippen molar-refractivity contribution in [3.8, 4) is 0 Å². The summed E-state index contributed by atoms with van der Waals surface area (Å²) < 4.78 is 0. The van der Waals surface area contributed by atoms with Gasteiger partial charge in [-0.15, -0.1) is 11.3 Å². The van der Waals surface area contributed by atoms with Gasteiger partial charge in [0.05, 0.1) is 6.54 Å². The summed E-state index contributed by atoms with van der Waals surface area (Å²) in [5, 5.41) is 2.04. The van der Waals surface area contributed by atoms with Crippen LogP contribution in [0.2, 0.25) is 0 Å². The highest BCUT2D eigenvalue weighted by atomic mass is 32.1. The summed E-state index contributed by atoms with van der Waals surface area (Å²) in [4.78, 5) is 15.2. The number of likely N-dealkylation sites (N-methyl/N-ethyl adjacent to an activating group) is 1. The van der Waals surface area contributed by atoms with Crippen LogP contribution < -0.4 is 0 Å². The van der Waals surface area contributed by atoms with E-state index in [1.54, 1.807) is 17.4 Å². The van der Waals surface area contributed by atoms with E-state index in [9.17, 15) is 4.79 Å². The monoisotopic (exact) mass is 271 g/mol. The van der Waals surface area contributed by atoms with Crippen LogP contribution in [-0.2, 0) is 11.3 Å². The maximum atomic E-state index is 12.1. The minimum absolute atomic E-state index is 0.0553. The minimum atomic E-state index is 0.0553. The molecule has 0 unspecified atom stereocenters. The molecule has 0 aliphatic rings. The molecule has 3 heteroatoms. The van der Waals surface area contributed by atoms with E-state index in [-0.39, 0.29) is 5.91 Å². The lowest BCUT2D eigenvalue weighted by Gasteiger charge is -2.18. The molecule has 0 saturated carbocycles. The van der Waals surface area contributed by atoms with Crippen LogP contribution in [0.25, 0.3) is 6.08 Å². The summed E-state index contributed by atoms with van der Waals surface area (Å²) in [6, 6.07) is 13.9. The fraction of sp³-hybridized carbons (Fsp3) is 0.188. The third-order valence-corrected chi connectivity index (χ3v) is 3.70. The summed E-state index contributed by atoms with van der Waals surface area (Å²) in [5.41, 5.74) is 1.04. The van der Waals surface area contributed by atoms with Gasteiger partial charge >= 0.3 is 0 Å². The molecule has 0 radical (unpaired) electrons. The molecule has 2 nitrogen and oxygen atoms in total. The SMILES string of the molecule is CCN(Cc1cccs1)C(=O)/C=C/c1ccccc1. The van der Waals surface area contributed by atoms with Gasteiger partial charge in [-0.25, -0.2) is 0 Å². The van der Waals surface area contributed by atoms with Crippen LogP contribution in [-0.4, -0.2) is 17.4 Å². The highest BCUT2D eigenvalue weighted by Crippen LogP contribution is 2.12. The van der Waals surface area contributed by atoms with Crippen LogP contribution in [0.5, 0.6) is 0 Å². The summed E-state index contributed by atoms with van der Waals surface area (Å²) >= 11 is 1.68. The fourth-order valence-electron chi connectivity index (χ4n) is 1.77. The highest BCUT2D eigenvalue weighted by molar-refractivity contribution is 7.09. The molecule has 2 rings (SSSR count). The van der Waals surface area contributed by atoms with Crippen LogP contribution >= 0.6 is 11.3 Å². The first-order valence-corrected chi connectivity index (χ1v) is 7.22. The van der Waals surface area contributed by atoms with E-state index in [0.29, 0.717) is 6.54 Å². The number of benzene rings is 1. The molecule has 1 amide bonds. The zero-order valence-corrected chi connectivity index (χ0v) is 11.8. The number of carbonyl (C=O) groups excluding carboxylic acids is 1. The van der Waals surface area contributed by atoms with Crippen molar-refractivity contribution in [3.05, 3.63) is 64.4 Å². The zero-order valence-electron chi connectivity index (χ0n) is 11.0. The Morgan fingerprint density at radius 3 is 2.63 bits per heavy atom. The average Bonchev–Trinajstić information content (AvgIpc) is 2.96. The smallest absolute Gasteiger partial charge is 0.246 e. The van der Waals surface area contributed by atoms with E-state index in [4.69, 9.17) is 0 Å². The average molecular weight is 271 g/mol. The molecule has 1 aromatic heterocycles. The van der Waals surface area contributed by atoms with Gasteiger partial charge in [-0.3, -0.25) is 4.79 Å². The van der Waals surface area contributed by atoms with Crippen molar-refractivity contribution >= 4 is 23.3 Å². The maximum absolute atomic E-state index is 12.1. The van der Waals surface area contributed by atoms with Gasteiger partial charge < -0.3 is 4.90 Å². The highest BCUT2D eigenvalue weighted by Gasteiger charge is 2.09. The lowest BCUT2D eigenvalue weighted by atomic mass is 10.2. The van der Waals surface area contributed by atoms with Crippen molar-refractivity contribution in [2.24, 2.45) is 0 Å². The topological polar surface area (TPSA) is 20.3 Å². The van der Waals surface area contributed by atoms with Crippen LogP contribution in [0, 0.1) is 0 Å². The number of thiophene rings is 1. The van der Waals surface area contributed by atoms with E-state index >= 15 is 0 Å². The quantitative estimate of drug-likeness (QED) is 0.757. The molecule has 0 fully saturated rings. The predicted molar refractivity (Wildman–Crippen MR) is 80.9 cm³/mol. The molecule has 0 atom stereocenters. The number of hydrogen-bond donors (Lipinski definition) is 0. The van der Waals surface area contributed by atoms with Gasteiger partial charge in [0, 0.05) is 17.5 Å². The molecule has 98 valence electrons. The first kappa shape index (κ1) is 13.6. The molecular formula is C16H17NOS. The maximum Gasteiger partial charge on any atom is 0.246 e. The van der Waals surface area contributed by atoms with Crippen molar-refractivity contribution in [2.75, 3.05) is 6.54 Å². The first-order chi connectivity index (χ1) is 9.29. The number of rotatable bonds is 5. The van der Waals surface area contributed by atoms with E-state index in [0.717, 1.165) is 12.1 Å². The number of amides is 1. The Morgan fingerprint density at radius 2 is 2.00 bits per heavy atom. The molecule has 0 aliphatic carbocycles. The van der Waals surface area contributed by atoms with Crippen LogP contribution in [0.4, 0.5) is 0 Å². The molecule has 0 aliphatic heterocycles. The van der Waals surface area contributed by atoms with Gasteiger partial charge in [-0.1, -0.05) is 36.4 Å². The number of hydrogen-bond acceptors (Lipinski definition) is 2. The van der Waals surface area contributed by atoms with Gasteiger partial charge in [-0.05, 0) is 30.0 Å². The Kier molecular flexibility index (Phi) is 4.93. The van der Waals surface area contributed by atoms with Crippen molar-refractivity contribution in [1.29, 1.82) is 0 Å².